The molecule has 10 aromatic rings. The molecule has 0 bridgehead atoms. The van der Waals surface area contributed by atoms with E-state index in [-0.39, 0.29) is 39.1 Å². The van der Waals surface area contributed by atoms with E-state index in [2.05, 4.69) is 45.6 Å². The summed E-state index contributed by atoms with van der Waals surface area (Å²) in [7, 11) is -8.34. The van der Waals surface area contributed by atoms with E-state index in [1.165, 1.54) is 78.9 Å². The van der Waals surface area contributed by atoms with Crippen molar-refractivity contribution in [1.82, 2.24) is 29.5 Å². The van der Waals surface area contributed by atoms with Gasteiger partial charge in [0.25, 0.3) is 0 Å². The predicted octanol–water partition coefficient (Wildman–Crippen LogP) is 11.4. The maximum atomic E-state index is 12.7. The molecule has 0 aliphatic rings. The minimum atomic E-state index is -4.80. The zero-order valence-corrected chi connectivity index (χ0v) is 51.2. The Labute approximate surface area is 518 Å². The van der Waals surface area contributed by atoms with Crippen LogP contribution in [0.5, 0.6) is 11.5 Å². The summed E-state index contributed by atoms with van der Waals surface area (Å²) in [6, 6.07) is 38.2. The van der Waals surface area contributed by atoms with Gasteiger partial charge in [-0.15, -0.1) is 26.3 Å². The number of hydrogen-bond donors (Lipinski definition) is 2. The molecule has 0 aliphatic carbocycles. The van der Waals surface area contributed by atoms with Crippen LogP contribution in [0.4, 0.5) is 26.3 Å². The van der Waals surface area contributed by atoms with Crippen LogP contribution in [0.3, 0.4) is 0 Å². The van der Waals surface area contributed by atoms with Gasteiger partial charge in [0.05, 0.1) is 32.6 Å². The van der Waals surface area contributed by atoms with E-state index in [0.717, 1.165) is 58.0 Å². The second kappa shape index (κ2) is 30.1. The third kappa shape index (κ3) is 19.2. The number of carbonyl (C=O) groups excluding carboxylic acids is 4. The number of halogens is 7. The van der Waals surface area contributed by atoms with E-state index in [9.17, 15) is 43.2 Å². The maximum absolute atomic E-state index is 12.7. The summed E-state index contributed by atoms with van der Waals surface area (Å²) in [5.74, 6) is 1.01. The minimum Gasteiger partial charge on any atom is -0.440 e. The van der Waals surface area contributed by atoms with Crippen molar-refractivity contribution in [2.75, 3.05) is 12.5 Å². The van der Waals surface area contributed by atoms with Gasteiger partial charge >= 0.3 is 32.1 Å². The highest BCUT2D eigenvalue weighted by Gasteiger charge is 2.32. The molecule has 0 saturated heterocycles. The summed E-state index contributed by atoms with van der Waals surface area (Å²) in [6.07, 6.45) is -1.60. The van der Waals surface area contributed by atoms with E-state index >= 15 is 0 Å². The third-order valence-electron chi connectivity index (χ3n) is 12.3. The number of ether oxygens (including phenoxy) is 2. The summed E-state index contributed by atoms with van der Waals surface area (Å²) in [6.45, 7) is 7.42. The molecule has 0 fully saturated rings. The molecule has 0 spiro atoms. The molecule has 0 amide bonds. The Kier molecular flexibility index (Phi) is 23.3. The van der Waals surface area contributed by atoms with Crippen LogP contribution in [-0.4, -0.2) is 101 Å². The number of benzene rings is 6. The fourth-order valence-electron chi connectivity index (χ4n) is 8.41. The molecule has 30 heteroatoms. The van der Waals surface area contributed by atoms with E-state index < -0.39 is 39.5 Å². The molecule has 468 valence electrons. The molecular weight excluding hydrogens is 1300 g/mol. The van der Waals surface area contributed by atoms with Crippen LogP contribution in [0.2, 0.25) is 0 Å². The lowest BCUT2D eigenvalue weighted by molar-refractivity contribution is -0.275. The first-order valence-electron chi connectivity index (χ1n) is 26.1. The SMILES string of the molecule is CCc1ccn(-c2ccc(-c3cccc(S(C)(=O)=O)c3)cc2-c2oc(C)nc2-c2ccc(OC(F)(F)F)cc2)n1.CCc1ccn(-c2ccc(Br)cc2-c2oc(C)nc2-c2ccc(OC(F)(F)F)cc2)n1.CS(=O)(=O)c1cccc(B(O)O)c1.O=C=O.O=C=O. The molecule has 0 saturated carbocycles. The quantitative estimate of drug-likeness (QED) is 0.0755. The topological polar surface area (TPSA) is 283 Å². The molecule has 0 atom stereocenters. The molecule has 2 N–H and O–H groups in total. The lowest BCUT2D eigenvalue weighted by Gasteiger charge is -2.13. The number of aromatic nitrogens is 6. The zero-order chi connectivity index (χ0) is 66.3. The van der Waals surface area contributed by atoms with Crippen molar-refractivity contribution in [3.05, 3.63) is 186 Å². The van der Waals surface area contributed by atoms with E-state index in [1.54, 1.807) is 35.3 Å². The van der Waals surface area contributed by atoms with Crippen LogP contribution < -0.4 is 14.9 Å². The Morgan fingerprint density at radius 1 is 0.544 bits per heavy atom. The van der Waals surface area contributed by atoms with Gasteiger partial charge in [-0.3, -0.25) is 0 Å². The van der Waals surface area contributed by atoms with Crippen molar-refractivity contribution in [2.24, 2.45) is 0 Å². The summed E-state index contributed by atoms with van der Waals surface area (Å²) in [4.78, 5) is 41.8. The molecule has 4 heterocycles. The van der Waals surface area contributed by atoms with Gasteiger partial charge in [-0.1, -0.05) is 60.1 Å². The smallest absolute Gasteiger partial charge is 0.440 e. The van der Waals surface area contributed by atoms with Gasteiger partial charge < -0.3 is 28.4 Å². The lowest BCUT2D eigenvalue weighted by atomic mass is 9.80. The van der Waals surface area contributed by atoms with Crippen LogP contribution >= 0.6 is 15.9 Å². The molecule has 0 radical (unpaired) electrons. The van der Waals surface area contributed by atoms with Crippen molar-refractivity contribution < 1.29 is 90.7 Å². The Morgan fingerprint density at radius 2 is 0.933 bits per heavy atom. The van der Waals surface area contributed by atoms with Crippen molar-refractivity contribution in [3.8, 4) is 79.2 Å². The van der Waals surface area contributed by atoms with Gasteiger partial charge in [0.2, 0.25) is 0 Å². The normalized spacial score (nSPS) is 11.2. The van der Waals surface area contributed by atoms with Gasteiger partial charge in [-0.25, -0.2) is 36.2 Å². The fraction of sp³-hybridized carbons (Fsp3) is 0.167. The van der Waals surface area contributed by atoms with Crippen LogP contribution in [0.15, 0.2) is 181 Å². The Balaban J connectivity index is 0.000000227. The van der Waals surface area contributed by atoms with Gasteiger partial charge in [0.15, 0.2) is 43.0 Å². The van der Waals surface area contributed by atoms with Gasteiger partial charge in [0, 0.05) is 65.5 Å². The average Bonchev–Trinajstić information content (AvgIpc) is 1.63. The number of oxazole rings is 2. The molecule has 20 nitrogen and oxygen atoms in total. The molecule has 4 aromatic heterocycles. The highest BCUT2D eigenvalue weighted by molar-refractivity contribution is 9.10. The maximum Gasteiger partial charge on any atom is 0.573 e. The first-order chi connectivity index (χ1) is 42.4. The second-order valence-corrected chi connectivity index (χ2v) is 23.7. The number of alkyl halides is 6. The molecule has 0 aliphatic heterocycles. The molecular formula is C60H50BBrF6N6O14S2. The Bertz CT molecular complexity index is 4400. The standard InChI is InChI=1S/C29H24F3N3O4S.C22H17BrF3N3O2.C7H9BO4S.2CO2/c1-4-22-14-15-35(34-22)26-13-10-21(20-6-5-7-24(16-20)40(3,36)37)17-25(26)28-27(33-18(2)38-28)19-8-11-23(12-9-19)39-29(30,31)32;1-3-16-10-11-29(28-16)19-9-6-15(23)12-18(19)21-20(27-13(2)30-21)14-4-7-17(8-5-14)31-22(24,25)26;1-13(11,12)7-4-2-3-6(5-7)8(9)10;2*2-1-3/h5-17H,4H2,1-3H3;4-12H,3H2,1-2H3;2-5,9-10H,1H3;;. The zero-order valence-electron chi connectivity index (χ0n) is 47.9. The van der Waals surface area contributed by atoms with Crippen LogP contribution in [0.25, 0.3) is 67.7 Å². The predicted molar refractivity (Wildman–Crippen MR) is 316 cm³/mol. The average molecular weight is 1350 g/mol. The first kappa shape index (κ1) is 69.6. The first-order valence-corrected chi connectivity index (χ1v) is 30.6. The number of sulfone groups is 2. The number of nitrogens with zero attached hydrogens (tertiary/aromatic N) is 6. The fourth-order valence-corrected chi connectivity index (χ4v) is 10.1. The van der Waals surface area contributed by atoms with E-state index in [1.807, 2.05) is 80.8 Å². The second-order valence-electron chi connectivity index (χ2n) is 18.8. The summed E-state index contributed by atoms with van der Waals surface area (Å²) < 4.78 is 146. The molecule has 90 heavy (non-hydrogen) atoms. The molecule has 10 rings (SSSR count). The van der Waals surface area contributed by atoms with Crippen LogP contribution in [0.1, 0.15) is 37.0 Å². The Hall–Kier alpha value is -9.54. The third-order valence-corrected chi connectivity index (χ3v) is 15.0. The van der Waals surface area contributed by atoms with E-state index in [0.29, 0.717) is 62.6 Å². The minimum absolute atomic E-state index is 0.0816. The number of aryl methyl sites for hydroxylation is 4. The van der Waals surface area contributed by atoms with Crippen molar-refractivity contribution in [2.45, 2.75) is 63.1 Å². The van der Waals surface area contributed by atoms with Crippen molar-refractivity contribution in [1.29, 1.82) is 0 Å². The monoisotopic (exact) mass is 1350 g/mol. The highest BCUT2D eigenvalue weighted by atomic mass is 79.9. The number of rotatable bonds is 14. The highest BCUT2D eigenvalue weighted by Crippen LogP contribution is 2.41. The van der Waals surface area contributed by atoms with Gasteiger partial charge in [0.1, 0.15) is 22.9 Å². The Morgan fingerprint density at radius 3 is 1.33 bits per heavy atom. The molecule has 6 aromatic carbocycles. The molecule has 0 unspecified atom stereocenters. The summed E-state index contributed by atoms with van der Waals surface area (Å²) in [5, 5.41) is 26.8. The van der Waals surface area contributed by atoms with Crippen LogP contribution in [0, 0.1) is 13.8 Å². The van der Waals surface area contributed by atoms with Crippen molar-refractivity contribution in [3.63, 3.8) is 0 Å². The summed E-state index contributed by atoms with van der Waals surface area (Å²) >= 11 is 3.50. The van der Waals surface area contributed by atoms with Gasteiger partial charge in [-0.2, -0.15) is 29.4 Å². The van der Waals surface area contributed by atoms with E-state index in [4.69, 9.17) is 38.1 Å². The largest absolute Gasteiger partial charge is 0.573 e. The lowest BCUT2D eigenvalue weighted by Crippen LogP contribution is -2.30. The van der Waals surface area contributed by atoms with Gasteiger partial charge in [-0.05, 0) is 145 Å². The number of hydrogen-bond acceptors (Lipinski definition) is 18. The summed E-state index contributed by atoms with van der Waals surface area (Å²) in [5.41, 5.74) is 8.27. The van der Waals surface area contributed by atoms with Crippen LogP contribution in [-0.2, 0) is 51.7 Å². The van der Waals surface area contributed by atoms with Crippen molar-refractivity contribution >= 4 is 60.5 Å².